The first-order valence-corrected chi connectivity index (χ1v) is 5.52. The van der Waals surface area contributed by atoms with E-state index in [1.807, 2.05) is 17.5 Å². The maximum Gasteiger partial charge on any atom is 0.255 e. The molecule has 0 aliphatic carbocycles. The zero-order valence-corrected chi connectivity index (χ0v) is 9.41. The third-order valence-corrected chi connectivity index (χ3v) is 2.69. The number of anilines is 1. The molecule has 0 amide bonds. The van der Waals surface area contributed by atoms with E-state index in [1.165, 1.54) is 6.20 Å². The fourth-order valence-corrected chi connectivity index (χ4v) is 1.62. The van der Waals surface area contributed by atoms with Crippen LogP contribution in [0.1, 0.15) is 10.4 Å². The minimum absolute atomic E-state index is 0.163. The Labute approximate surface area is 95.9 Å². The Morgan fingerprint density at radius 1 is 1.62 bits per heavy atom. The highest BCUT2D eigenvalue weighted by Gasteiger charge is 1.95. The van der Waals surface area contributed by atoms with E-state index in [4.69, 9.17) is 0 Å². The molecule has 0 spiro atoms. The number of thiophene rings is 1. The van der Waals surface area contributed by atoms with Crippen LogP contribution >= 0.6 is 11.3 Å². The van der Waals surface area contributed by atoms with E-state index in [9.17, 15) is 4.79 Å². The summed E-state index contributed by atoms with van der Waals surface area (Å²) < 4.78 is 0. The molecule has 2 N–H and O–H groups in total. The molecule has 5 nitrogen and oxygen atoms in total. The molecule has 0 saturated carbocycles. The monoisotopic (exact) mass is 234 g/mol. The number of hydrazone groups is 1. The van der Waals surface area contributed by atoms with Gasteiger partial charge in [0.05, 0.1) is 6.21 Å². The number of aryl methyl sites for hydroxylation is 1. The average molecular weight is 234 g/mol. The van der Waals surface area contributed by atoms with Gasteiger partial charge in [-0.3, -0.25) is 9.78 Å². The second-order valence-electron chi connectivity index (χ2n) is 3.13. The fourth-order valence-electron chi connectivity index (χ4n) is 1.04. The Balaban J connectivity index is 2.05. The van der Waals surface area contributed by atoms with Gasteiger partial charge in [0.2, 0.25) is 5.95 Å². The molecular weight excluding hydrogens is 224 g/mol. The van der Waals surface area contributed by atoms with Crippen molar-refractivity contribution in [1.29, 1.82) is 0 Å². The summed E-state index contributed by atoms with van der Waals surface area (Å²) in [6.45, 7) is 1.70. The number of nitrogens with one attached hydrogen (secondary N) is 2. The summed E-state index contributed by atoms with van der Waals surface area (Å²) in [5.41, 5.74) is 3.07. The Morgan fingerprint density at radius 3 is 3.19 bits per heavy atom. The lowest BCUT2D eigenvalue weighted by atomic mass is 10.4. The van der Waals surface area contributed by atoms with Crippen LogP contribution in [0.5, 0.6) is 0 Å². The van der Waals surface area contributed by atoms with Crippen molar-refractivity contribution in [3.8, 4) is 0 Å². The second-order valence-corrected chi connectivity index (χ2v) is 4.11. The normalized spacial score (nSPS) is 10.8. The fraction of sp³-hybridized carbons (Fsp3) is 0.100. The number of nitrogens with zero attached hydrogens (tertiary/aromatic N) is 2. The molecule has 0 aromatic carbocycles. The molecule has 0 fully saturated rings. The largest absolute Gasteiger partial charge is 0.291 e. The topological polar surface area (TPSA) is 70.1 Å². The van der Waals surface area contributed by atoms with Gasteiger partial charge in [-0.15, -0.1) is 11.3 Å². The van der Waals surface area contributed by atoms with Gasteiger partial charge in [0.25, 0.3) is 5.56 Å². The highest BCUT2D eigenvalue weighted by Crippen LogP contribution is 2.04. The SMILES string of the molecule is Cc1cnc(N/N=C\c2cccs2)[nH]c1=O. The van der Waals surface area contributed by atoms with Crippen LogP contribution in [0.4, 0.5) is 5.95 Å². The lowest BCUT2D eigenvalue weighted by Gasteiger charge is -1.98. The Kier molecular flexibility index (Phi) is 3.11. The van der Waals surface area contributed by atoms with E-state index in [2.05, 4.69) is 20.5 Å². The van der Waals surface area contributed by atoms with Gasteiger partial charge in [-0.25, -0.2) is 10.4 Å². The van der Waals surface area contributed by atoms with Crippen LogP contribution in [-0.4, -0.2) is 16.2 Å². The predicted molar refractivity (Wildman–Crippen MR) is 65.1 cm³/mol. The third-order valence-electron chi connectivity index (χ3n) is 1.88. The number of aromatic nitrogens is 2. The molecule has 2 aromatic heterocycles. The molecule has 2 heterocycles. The zero-order chi connectivity index (χ0) is 11.4. The molecule has 0 saturated heterocycles. The van der Waals surface area contributed by atoms with Crippen LogP contribution in [0.15, 0.2) is 33.6 Å². The maximum absolute atomic E-state index is 11.2. The van der Waals surface area contributed by atoms with Gasteiger partial charge >= 0.3 is 0 Å². The Morgan fingerprint density at radius 2 is 2.50 bits per heavy atom. The van der Waals surface area contributed by atoms with Gasteiger partial charge in [-0.05, 0) is 18.4 Å². The predicted octanol–water partition coefficient (Wildman–Crippen LogP) is 1.59. The van der Waals surface area contributed by atoms with E-state index in [-0.39, 0.29) is 5.56 Å². The van der Waals surface area contributed by atoms with Crippen LogP contribution in [-0.2, 0) is 0 Å². The van der Waals surface area contributed by atoms with Crippen molar-refractivity contribution >= 4 is 23.5 Å². The number of rotatable bonds is 3. The summed E-state index contributed by atoms with van der Waals surface area (Å²) >= 11 is 1.58. The van der Waals surface area contributed by atoms with Crippen molar-refractivity contribution in [3.63, 3.8) is 0 Å². The van der Waals surface area contributed by atoms with Crippen LogP contribution in [0.25, 0.3) is 0 Å². The molecule has 2 aromatic rings. The standard InChI is InChI=1S/C10H10N4OS/c1-7-5-11-10(13-9(7)15)14-12-6-8-3-2-4-16-8/h2-6H,1H3,(H2,11,13,14,15)/b12-6-. The van der Waals surface area contributed by atoms with Crippen molar-refractivity contribution in [3.05, 3.63) is 44.5 Å². The van der Waals surface area contributed by atoms with Crippen molar-refractivity contribution in [2.24, 2.45) is 5.10 Å². The third kappa shape index (κ3) is 2.54. The molecule has 0 radical (unpaired) electrons. The van der Waals surface area contributed by atoms with E-state index in [0.717, 1.165) is 4.88 Å². The van der Waals surface area contributed by atoms with E-state index in [1.54, 1.807) is 24.5 Å². The van der Waals surface area contributed by atoms with E-state index >= 15 is 0 Å². The first-order valence-electron chi connectivity index (χ1n) is 4.64. The Hall–Kier alpha value is -1.95. The van der Waals surface area contributed by atoms with Gasteiger partial charge < -0.3 is 0 Å². The van der Waals surface area contributed by atoms with Crippen molar-refractivity contribution in [1.82, 2.24) is 9.97 Å². The van der Waals surface area contributed by atoms with Gasteiger partial charge in [-0.1, -0.05) is 6.07 Å². The molecule has 0 bridgehead atoms. The molecule has 2 rings (SSSR count). The summed E-state index contributed by atoms with van der Waals surface area (Å²) in [6.07, 6.45) is 3.17. The lowest BCUT2D eigenvalue weighted by molar-refractivity contribution is 1.05. The van der Waals surface area contributed by atoms with Crippen molar-refractivity contribution in [2.45, 2.75) is 6.92 Å². The van der Waals surface area contributed by atoms with E-state index < -0.39 is 0 Å². The highest BCUT2D eigenvalue weighted by atomic mass is 32.1. The number of H-pyrrole nitrogens is 1. The maximum atomic E-state index is 11.2. The average Bonchev–Trinajstić information content (AvgIpc) is 2.76. The molecule has 0 unspecified atom stereocenters. The molecule has 6 heteroatoms. The smallest absolute Gasteiger partial charge is 0.255 e. The number of hydrogen-bond acceptors (Lipinski definition) is 5. The quantitative estimate of drug-likeness (QED) is 0.625. The zero-order valence-electron chi connectivity index (χ0n) is 8.60. The molecule has 0 aliphatic heterocycles. The van der Waals surface area contributed by atoms with Crippen LogP contribution in [0.2, 0.25) is 0 Å². The summed E-state index contributed by atoms with van der Waals surface area (Å²) in [6, 6.07) is 3.89. The first kappa shape index (κ1) is 10.6. The van der Waals surface area contributed by atoms with E-state index in [0.29, 0.717) is 11.5 Å². The minimum Gasteiger partial charge on any atom is -0.291 e. The van der Waals surface area contributed by atoms with Gasteiger partial charge in [0.15, 0.2) is 0 Å². The number of aromatic amines is 1. The first-order chi connectivity index (χ1) is 7.75. The van der Waals surface area contributed by atoms with Crippen molar-refractivity contribution in [2.75, 3.05) is 5.43 Å². The van der Waals surface area contributed by atoms with Gasteiger partial charge in [0, 0.05) is 16.6 Å². The Bertz CT molecular complexity index is 544. The van der Waals surface area contributed by atoms with Gasteiger partial charge in [-0.2, -0.15) is 5.10 Å². The van der Waals surface area contributed by atoms with Gasteiger partial charge in [0.1, 0.15) is 0 Å². The summed E-state index contributed by atoms with van der Waals surface area (Å²) in [5, 5.41) is 5.92. The highest BCUT2D eigenvalue weighted by molar-refractivity contribution is 7.11. The summed E-state index contributed by atoms with van der Waals surface area (Å²) in [7, 11) is 0. The summed E-state index contributed by atoms with van der Waals surface area (Å²) in [5.74, 6) is 0.336. The second kappa shape index (κ2) is 4.71. The van der Waals surface area contributed by atoms with Crippen LogP contribution < -0.4 is 11.0 Å². The van der Waals surface area contributed by atoms with Crippen LogP contribution in [0.3, 0.4) is 0 Å². The summed E-state index contributed by atoms with van der Waals surface area (Å²) in [4.78, 5) is 18.8. The molecule has 82 valence electrons. The molecular formula is C10H10N4OS. The van der Waals surface area contributed by atoms with Crippen molar-refractivity contribution < 1.29 is 0 Å². The molecule has 0 atom stereocenters. The molecule has 0 aliphatic rings. The minimum atomic E-state index is -0.163. The van der Waals surface area contributed by atoms with Crippen LogP contribution in [0, 0.1) is 6.92 Å². The number of hydrogen-bond donors (Lipinski definition) is 2. The molecule has 16 heavy (non-hydrogen) atoms. The lowest BCUT2D eigenvalue weighted by Crippen LogP contribution is -2.12.